The van der Waals surface area contributed by atoms with Gasteiger partial charge in [0, 0.05) is 31.7 Å². The molecule has 0 radical (unpaired) electrons. The summed E-state index contributed by atoms with van der Waals surface area (Å²) in [5.74, 6) is 2.43. The fraction of sp³-hybridized carbons (Fsp3) is 1.00. The van der Waals surface area contributed by atoms with E-state index in [1.54, 1.807) is 0 Å². The molecule has 0 aromatic rings. The summed E-state index contributed by atoms with van der Waals surface area (Å²) < 4.78 is 0. The van der Waals surface area contributed by atoms with Crippen molar-refractivity contribution in [2.45, 2.75) is 105 Å². The Kier molecular flexibility index (Phi) is 12.9. The van der Waals surface area contributed by atoms with E-state index >= 15 is 0 Å². The van der Waals surface area contributed by atoms with Gasteiger partial charge < -0.3 is 5.32 Å². The summed E-state index contributed by atoms with van der Waals surface area (Å²) in [6.07, 6.45) is 10.8. The fourth-order valence-electron chi connectivity index (χ4n) is 4.79. The largest absolute Gasteiger partial charge is 0.309 e. The molecule has 0 amide bonds. The quantitative estimate of drug-likeness (QED) is 0.367. The highest BCUT2D eigenvalue weighted by molar-refractivity contribution is 4.94. The van der Waals surface area contributed by atoms with Crippen LogP contribution in [0.15, 0.2) is 0 Å². The van der Waals surface area contributed by atoms with Crippen molar-refractivity contribution in [2.75, 3.05) is 39.4 Å². The highest BCUT2D eigenvalue weighted by Gasteiger charge is 2.35. The first-order valence-electron chi connectivity index (χ1n) is 12.5. The maximum atomic E-state index is 3.94. The molecule has 3 nitrogen and oxygen atoms in total. The number of hydrogen-bond donors (Lipinski definition) is 1. The average molecular weight is 396 g/mol. The van der Waals surface area contributed by atoms with Crippen LogP contribution in [0.2, 0.25) is 0 Å². The molecule has 1 aliphatic rings. The Morgan fingerprint density at radius 1 is 0.821 bits per heavy atom. The van der Waals surface area contributed by atoms with Crippen molar-refractivity contribution in [2.24, 2.45) is 17.8 Å². The minimum Gasteiger partial charge on any atom is -0.309 e. The Bertz CT molecular complexity index is 356. The van der Waals surface area contributed by atoms with Gasteiger partial charge in [-0.25, -0.2) is 0 Å². The minimum atomic E-state index is 0.217. The summed E-state index contributed by atoms with van der Waals surface area (Å²) in [5, 5.41) is 3.94. The molecule has 0 aliphatic carbocycles. The highest BCUT2D eigenvalue weighted by atomic mass is 15.4. The monoisotopic (exact) mass is 395 g/mol. The zero-order valence-corrected chi connectivity index (χ0v) is 20.5. The van der Waals surface area contributed by atoms with E-state index in [1.165, 1.54) is 84.2 Å². The number of hydrogen-bond acceptors (Lipinski definition) is 3. The van der Waals surface area contributed by atoms with Gasteiger partial charge in [0.15, 0.2) is 0 Å². The third-order valence-corrected chi connectivity index (χ3v) is 6.60. The molecule has 28 heavy (non-hydrogen) atoms. The molecular formula is C25H53N3. The van der Waals surface area contributed by atoms with Gasteiger partial charge in [0.05, 0.1) is 6.67 Å². The van der Waals surface area contributed by atoms with Crippen molar-refractivity contribution < 1.29 is 0 Å². The predicted octanol–water partition coefficient (Wildman–Crippen LogP) is 6.00. The maximum Gasteiger partial charge on any atom is 0.0507 e. The summed E-state index contributed by atoms with van der Waals surface area (Å²) >= 11 is 0. The van der Waals surface area contributed by atoms with Gasteiger partial charge in [0.25, 0.3) is 0 Å². The van der Waals surface area contributed by atoms with Crippen LogP contribution in [0.3, 0.4) is 0 Å². The van der Waals surface area contributed by atoms with Gasteiger partial charge in [-0.1, -0.05) is 80.1 Å². The van der Waals surface area contributed by atoms with Gasteiger partial charge in [-0.05, 0) is 44.1 Å². The topological polar surface area (TPSA) is 18.5 Å². The lowest BCUT2D eigenvalue weighted by atomic mass is 9.92. The van der Waals surface area contributed by atoms with Crippen molar-refractivity contribution in [1.29, 1.82) is 0 Å². The van der Waals surface area contributed by atoms with Gasteiger partial charge in [-0.15, -0.1) is 0 Å². The van der Waals surface area contributed by atoms with Crippen LogP contribution in [0.4, 0.5) is 0 Å². The maximum absolute atomic E-state index is 3.94. The summed E-state index contributed by atoms with van der Waals surface area (Å²) in [6.45, 7) is 23.8. The third-order valence-electron chi connectivity index (χ3n) is 6.60. The summed E-state index contributed by atoms with van der Waals surface area (Å²) in [7, 11) is 0. The fourth-order valence-corrected chi connectivity index (χ4v) is 4.79. The van der Waals surface area contributed by atoms with Crippen molar-refractivity contribution in [3.8, 4) is 0 Å². The molecular weight excluding hydrogens is 342 g/mol. The van der Waals surface area contributed by atoms with Crippen LogP contribution in [-0.4, -0.2) is 54.7 Å². The molecule has 3 heteroatoms. The first-order valence-corrected chi connectivity index (χ1v) is 12.5. The third kappa shape index (κ3) is 10.1. The van der Waals surface area contributed by atoms with E-state index in [1.807, 2.05) is 0 Å². The van der Waals surface area contributed by atoms with Crippen LogP contribution in [0.1, 0.15) is 99.8 Å². The van der Waals surface area contributed by atoms with Gasteiger partial charge in [-0.2, -0.15) is 0 Å². The van der Waals surface area contributed by atoms with Crippen molar-refractivity contribution >= 4 is 0 Å². The summed E-state index contributed by atoms with van der Waals surface area (Å²) in [4.78, 5) is 5.54. The van der Waals surface area contributed by atoms with E-state index in [0.29, 0.717) is 5.92 Å². The molecule has 1 saturated heterocycles. The van der Waals surface area contributed by atoms with Crippen molar-refractivity contribution in [3.63, 3.8) is 0 Å². The first-order chi connectivity index (χ1) is 13.4. The SMILES string of the molecule is CCCC[C@@H](CC)CN1CN(C[C@H](CC)CCCC)CC(C)(NCC(C)C)C1. The van der Waals surface area contributed by atoms with Gasteiger partial charge in [-0.3, -0.25) is 9.80 Å². The van der Waals surface area contributed by atoms with Crippen molar-refractivity contribution in [1.82, 2.24) is 15.1 Å². The smallest absolute Gasteiger partial charge is 0.0507 e. The minimum absolute atomic E-state index is 0.217. The molecule has 2 atom stereocenters. The van der Waals surface area contributed by atoms with E-state index < -0.39 is 0 Å². The number of unbranched alkanes of at least 4 members (excludes halogenated alkanes) is 2. The first kappa shape index (κ1) is 25.9. The molecule has 1 fully saturated rings. The normalized spacial score (nSPS) is 20.6. The second kappa shape index (κ2) is 14.0. The second-order valence-corrected chi connectivity index (χ2v) is 10.3. The van der Waals surface area contributed by atoms with Gasteiger partial charge in [0.2, 0.25) is 0 Å². The van der Waals surface area contributed by atoms with Crippen LogP contribution in [0, 0.1) is 17.8 Å². The Morgan fingerprint density at radius 3 is 1.64 bits per heavy atom. The average Bonchev–Trinajstić information content (AvgIpc) is 2.66. The standard InChI is InChI=1S/C25H53N3/c1-8-12-14-23(10-3)17-27-19-25(7,26-16-22(5)6)20-28(21-27)18-24(11-4)15-13-9-2/h22-24,26H,8-21H2,1-7H3/t23-,24-/m1/s1. The Morgan fingerprint density at radius 2 is 1.29 bits per heavy atom. The van der Waals surface area contributed by atoms with Crippen LogP contribution >= 0.6 is 0 Å². The van der Waals surface area contributed by atoms with E-state index in [0.717, 1.165) is 18.4 Å². The zero-order valence-electron chi connectivity index (χ0n) is 20.5. The predicted molar refractivity (Wildman–Crippen MR) is 126 cm³/mol. The lowest BCUT2D eigenvalue weighted by Gasteiger charge is -2.48. The van der Waals surface area contributed by atoms with E-state index in [2.05, 4.69) is 63.6 Å². The Labute approximate surface area is 178 Å². The van der Waals surface area contributed by atoms with E-state index in [4.69, 9.17) is 0 Å². The lowest BCUT2D eigenvalue weighted by molar-refractivity contribution is 0.00410. The summed E-state index contributed by atoms with van der Waals surface area (Å²) in [6, 6.07) is 0. The molecule has 0 saturated carbocycles. The number of rotatable bonds is 15. The zero-order chi connectivity index (χ0) is 21.0. The van der Waals surface area contributed by atoms with E-state index in [-0.39, 0.29) is 5.54 Å². The molecule has 0 unspecified atom stereocenters. The molecule has 1 N–H and O–H groups in total. The number of nitrogens with one attached hydrogen (secondary N) is 1. The van der Waals surface area contributed by atoms with Crippen LogP contribution in [-0.2, 0) is 0 Å². The molecule has 0 bridgehead atoms. The number of nitrogens with zero attached hydrogens (tertiary/aromatic N) is 2. The molecule has 0 aromatic carbocycles. The van der Waals surface area contributed by atoms with Crippen molar-refractivity contribution in [3.05, 3.63) is 0 Å². The molecule has 1 aliphatic heterocycles. The van der Waals surface area contributed by atoms with Gasteiger partial charge in [0.1, 0.15) is 0 Å². The molecule has 0 spiro atoms. The highest BCUT2D eigenvalue weighted by Crippen LogP contribution is 2.24. The van der Waals surface area contributed by atoms with Crippen LogP contribution in [0.25, 0.3) is 0 Å². The second-order valence-electron chi connectivity index (χ2n) is 10.3. The van der Waals surface area contributed by atoms with Crippen LogP contribution in [0.5, 0.6) is 0 Å². The Hall–Kier alpha value is -0.120. The molecule has 1 heterocycles. The summed E-state index contributed by atoms with van der Waals surface area (Å²) in [5.41, 5.74) is 0.217. The van der Waals surface area contributed by atoms with E-state index in [9.17, 15) is 0 Å². The molecule has 0 aromatic heterocycles. The molecule has 168 valence electrons. The van der Waals surface area contributed by atoms with Gasteiger partial charge >= 0.3 is 0 Å². The van der Waals surface area contributed by atoms with Crippen LogP contribution < -0.4 is 5.32 Å². The lowest BCUT2D eigenvalue weighted by Crippen LogP contribution is -2.65. The Balaban J connectivity index is 2.78. The molecule has 1 rings (SSSR count).